The average Bonchev–Trinajstić information content (AvgIpc) is 2.67. The van der Waals surface area contributed by atoms with E-state index in [4.69, 9.17) is 11.6 Å². The number of amides is 1. The summed E-state index contributed by atoms with van der Waals surface area (Å²) in [6.07, 6.45) is 1.82. The molecule has 3 aromatic rings. The zero-order valence-corrected chi connectivity index (χ0v) is 18.1. The molecule has 0 bridgehead atoms. The molecule has 1 saturated heterocycles. The Labute approximate surface area is 177 Å². The summed E-state index contributed by atoms with van der Waals surface area (Å²) in [5.74, 6) is 0.162. The van der Waals surface area contributed by atoms with E-state index < -0.39 is 0 Å². The second-order valence-electron chi connectivity index (χ2n) is 8.05. The van der Waals surface area contributed by atoms with Crippen molar-refractivity contribution in [1.82, 2.24) is 9.88 Å². The number of anilines is 1. The van der Waals surface area contributed by atoms with Crippen LogP contribution in [0.3, 0.4) is 0 Å². The van der Waals surface area contributed by atoms with Crippen molar-refractivity contribution >= 4 is 34.1 Å². The van der Waals surface area contributed by atoms with Gasteiger partial charge in [0.1, 0.15) is 0 Å². The number of aryl methyl sites for hydroxylation is 2. The van der Waals surface area contributed by atoms with Gasteiger partial charge in [0.2, 0.25) is 5.91 Å². The molecule has 29 heavy (non-hydrogen) atoms. The SMILES string of the molecule is Cc1cccc(C)c1-c1cc2nccc(N3CCN(C(C)C)C(=O)C3)c2cc1Cl. The fourth-order valence-electron chi connectivity index (χ4n) is 4.30. The van der Waals surface area contributed by atoms with E-state index in [1.807, 2.05) is 23.2 Å². The number of carbonyl (C=O) groups is 1. The van der Waals surface area contributed by atoms with Crippen LogP contribution >= 0.6 is 11.6 Å². The first-order valence-electron chi connectivity index (χ1n) is 10.1. The zero-order chi connectivity index (χ0) is 20.7. The van der Waals surface area contributed by atoms with Gasteiger partial charge in [0, 0.05) is 47.0 Å². The number of aromatic nitrogens is 1. The normalized spacial score (nSPS) is 14.9. The number of benzene rings is 2. The number of halogens is 1. The smallest absolute Gasteiger partial charge is 0.242 e. The first-order valence-corrected chi connectivity index (χ1v) is 10.4. The summed E-state index contributed by atoms with van der Waals surface area (Å²) in [6.45, 7) is 10.2. The molecule has 5 heteroatoms. The third-order valence-electron chi connectivity index (χ3n) is 5.78. The van der Waals surface area contributed by atoms with Gasteiger partial charge in [-0.05, 0) is 62.6 Å². The number of piperazine rings is 1. The standard InChI is InChI=1S/C24H26ClN3O/c1-15(2)28-11-10-27(14-23(28)29)22-8-9-26-21-13-18(20(25)12-19(21)22)24-16(3)6-5-7-17(24)4/h5-9,12-13,15H,10-11,14H2,1-4H3. The molecule has 0 atom stereocenters. The van der Waals surface area contributed by atoms with E-state index in [0.29, 0.717) is 11.6 Å². The maximum Gasteiger partial charge on any atom is 0.242 e. The molecule has 0 unspecified atom stereocenters. The Bertz CT molecular complexity index is 1070. The number of pyridine rings is 1. The second kappa shape index (κ2) is 7.68. The van der Waals surface area contributed by atoms with E-state index in [1.165, 1.54) is 11.1 Å². The maximum absolute atomic E-state index is 12.6. The number of hydrogen-bond donors (Lipinski definition) is 0. The largest absolute Gasteiger partial charge is 0.360 e. The third kappa shape index (κ3) is 3.58. The minimum absolute atomic E-state index is 0.162. The molecule has 2 heterocycles. The van der Waals surface area contributed by atoms with Crippen molar-refractivity contribution in [2.45, 2.75) is 33.7 Å². The first kappa shape index (κ1) is 19.7. The van der Waals surface area contributed by atoms with Crippen LogP contribution in [0.4, 0.5) is 5.69 Å². The zero-order valence-electron chi connectivity index (χ0n) is 17.4. The highest BCUT2D eigenvalue weighted by molar-refractivity contribution is 6.34. The molecule has 0 aliphatic carbocycles. The molecule has 0 saturated carbocycles. The van der Waals surface area contributed by atoms with Gasteiger partial charge in [-0.25, -0.2) is 0 Å². The van der Waals surface area contributed by atoms with Crippen LogP contribution in [-0.4, -0.2) is 41.5 Å². The van der Waals surface area contributed by atoms with Crippen molar-refractivity contribution in [3.8, 4) is 11.1 Å². The number of carbonyl (C=O) groups excluding carboxylic acids is 1. The van der Waals surface area contributed by atoms with E-state index in [2.05, 4.69) is 61.8 Å². The molecule has 1 aromatic heterocycles. The number of fused-ring (bicyclic) bond motifs is 1. The van der Waals surface area contributed by atoms with Gasteiger partial charge in [-0.2, -0.15) is 0 Å². The Morgan fingerprint density at radius 2 is 1.79 bits per heavy atom. The first-order chi connectivity index (χ1) is 13.9. The van der Waals surface area contributed by atoms with Gasteiger partial charge < -0.3 is 9.80 Å². The predicted molar refractivity (Wildman–Crippen MR) is 121 cm³/mol. The van der Waals surface area contributed by atoms with Gasteiger partial charge in [-0.1, -0.05) is 29.8 Å². The van der Waals surface area contributed by atoms with E-state index in [-0.39, 0.29) is 11.9 Å². The number of hydrogen-bond acceptors (Lipinski definition) is 3. The highest BCUT2D eigenvalue weighted by atomic mass is 35.5. The average molecular weight is 408 g/mol. The molecule has 1 amide bonds. The van der Waals surface area contributed by atoms with Crippen molar-refractivity contribution < 1.29 is 4.79 Å². The Morgan fingerprint density at radius 1 is 1.07 bits per heavy atom. The molecule has 4 rings (SSSR count). The summed E-state index contributed by atoms with van der Waals surface area (Å²) in [7, 11) is 0. The molecular weight excluding hydrogens is 382 g/mol. The van der Waals surface area contributed by atoms with Crippen molar-refractivity contribution in [3.05, 3.63) is 58.7 Å². The molecule has 1 aliphatic heterocycles. The molecule has 1 aliphatic rings. The lowest BCUT2D eigenvalue weighted by Crippen LogP contribution is -2.52. The molecule has 4 nitrogen and oxygen atoms in total. The molecule has 150 valence electrons. The van der Waals surface area contributed by atoms with Crippen LogP contribution in [0, 0.1) is 13.8 Å². The van der Waals surface area contributed by atoms with Crippen LogP contribution in [0.1, 0.15) is 25.0 Å². The lowest BCUT2D eigenvalue weighted by molar-refractivity contribution is -0.132. The molecule has 1 fully saturated rings. The van der Waals surface area contributed by atoms with Gasteiger partial charge >= 0.3 is 0 Å². The van der Waals surface area contributed by atoms with Gasteiger partial charge in [0.25, 0.3) is 0 Å². The van der Waals surface area contributed by atoms with Crippen LogP contribution in [0.2, 0.25) is 5.02 Å². The van der Waals surface area contributed by atoms with Crippen molar-refractivity contribution in [2.24, 2.45) is 0 Å². The Morgan fingerprint density at radius 3 is 2.45 bits per heavy atom. The summed E-state index contributed by atoms with van der Waals surface area (Å²) < 4.78 is 0. The summed E-state index contributed by atoms with van der Waals surface area (Å²) >= 11 is 6.76. The summed E-state index contributed by atoms with van der Waals surface area (Å²) in [4.78, 5) is 21.3. The Kier molecular flexibility index (Phi) is 5.22. The summed E-state index contributed by atoms with van der Waals surface area (Å²) in [5, 5.41) is 1.69. The predicted octanol–water partition coefficient (Wildman–Crippen LogP) is 5.23. The van der Waals surface area contributed by atoms with Crippen LogP contribution in [0.15, 0.2) is 42.6 Å². The monoisotopic (exact) mass is 407 g/mol. The van der Waals surface area contributed by atoms with E-state index in [0.717, 1.165) is 40.8 Å². The topological polar surface area (TPSA) is 36.4 Å². The molecular formula is C24H26ClN3O. The quantitative estimate of drug-likeness (QED) is 0.596. The fourth-order valence-corrected chi connectivity index (χ4v) is 4.55. The van der Waals surface area contributed by atoms with Crippen LogP contribution in [-0.2, 0) is 4.79 Å². The van der Waals surface area contributed by atoms with Crippen molar-refractivity contribution in [1.29, 1.82) is 0 Å². The third-order valence-corrected chi connectivity index (χ3v) is 6.09. The van der Waals surface area contributed by atoms with Gasteiger partial charge in [0.05, 0.1) is 12.1 Å². The van der Waals surface area contributed by atoms with Crippen molar-refractivity contribution in [3.63, 3.8) is 0 Å². The molecule has 2 aromatic carbocycles. The summed E-state index contributed by atoms with van der Waals surface area (Å²) in [5.41, 5.74) is 6.45. The fraction of sp³-hybridized carbons (Fsp3) is 0.333. The van der Waals surface area contributed by atoms with Gasteiger partial charge in [-0.15, -0.1) is 0 Å². The second-order valence-corrected chi connectivity index (χ2v) is 8.46. The molecule has 0 spiro atoms. The van der Waals surface area contributed by atoms with Crippen LogP contribution < -0.4 is 4.90 Å². The van der Waals surface area contributed by atoms with Crippen LogP contribution in [0.25, 0.3) is 22.0 Å². The Balaban J connectivity index is 1.78. The van der Waals surface area contributed by atoms with E-state index >= 15 is 0 Å². The van der Waals surface area contributed by atoms with Gasteiger partial charge in [-0.3, -0.25) is 9.78 Å². The number of rotatable bonds is 3. The molecule has 0 N–H and O–H groups in total. The van der Waals surface area contributed by atoms with E-state index in [1.54, 1.807) is 0 Å². The molecule has 0 radical (unpaired) electrons. The summed E-state index contributed by atoms with van der Waals surface area (Å²) in [6, 6.07) is 12.6. The lowest BCUT2D eigenvalue weighted by atomic mass is 9.94. The maximum atomic E-state index is 12.6. The number of nitrogens with zero attached hydrogens (tertiary/aromatic N) is 3. The van der Waals surface area contributed by atoms with Crippen LogP contribution in [0.5, 0.6) is 0 Å². The van der Waals surface area contributed by atoms with Crippen molar-refractivity contribution in [2.75, 3.05) is 24.5 Å². The highest BCUT2D eigenvalue weighted by Crippen LogP contribution is 2.38. The Hall–Kier alpha value is -2.59. The minimum atomic E-state index is 0.162. The van der Waals surface area contributed by atoms with Gasteiger partial charge in [0.15, 0.2) is 0 Å². The highest BCUT2D eigenvalue weighted by Gasteiger charge is 2.27. The minimum Gasteiger partial charge on any atom is -0.360 e. The van der Waals surface area contributed by atoms with E-state index in [9.17, 15) is 4.79 Å². The lowest BCUT2D eigenvalue weighted by Gasteiger charge is -2.38.